The van der Waals surface area contributed by atoms with Crippen molar-refractivity contribution in [1.29, 1.82) is 0 Å². The third-order valence-electron chi connectivity index (χ3n) is 8.17. The maximum atomic E-state index is 14.3. The number of hydrogen-bond donors (Lipinski definition) is 1. The molecule has 0 aromatic heterocycles. The SMILES string of the molecule is O=C1[C@H]2[C@@H](C(=O)N1c1ccccc1)C1(N[C@H]2c2ccc(C(F)(F)F)cc2)c2ccccc2-c2ccccc21. The molecule has 4 aromatic rings. The van der Waals surface area contributed by atoms with E-state index in [-0.39, 0.29) is 11.8 Å². The number of carbonyl (C=O) groups excluding carboxylic acids is 2. The van der Waals surface area contributed by atoms with Gasteiger partial charge in [-0.05, 0) is 52.1 Å². The first kappa shape index (κ1) is 22.9. The van der Waals surface area contributed by atoms with Crippen molar-refractivity contribution in [2.45, 2.75) is 17.8 Å². The van der Waals surface area contributed by atoms with Gasteiger partial charge in [-0.1, -0.05) is 78.9 Å². The van der Waals surface area contributed by atoms with E-state index in [1.807, 2.05) is 54.6 Å². The lowest BCUT2D eigenvalue weighted by Crippen LogP contribution is -2.47. The minimum absolute atomic E-state index is 0.320. The normalized spacial score (nSPS) is 23.0. The molecule has 2 heterocycles. The van der Waals surface area contributed by atoms with E-state index in [9.17, 15) is 22.8 Å². The molecule has 3 atom stereocenters. The summed E-state index contributed by atoms with van der Waals surface area (Å²) in [6.07, 6.45) is -4.47. The van der Waals surface area contributed by atoms with E-state index in [2.05, 4.69) is 5.32 Å². The fourth-order valence-corrected chi connectivity index (χ4v) is 6.67. The molecule has 4 aromatic carbocycles. The van der Waals surface area contributed by atoms with Crippen LogP contribution in [-0.2, 0) is 21.3 Å². The van der Waals surface area contributed by atoms with Gasteiger partial charge in [0.25, 0.3) is 0 Å². The largest absolute Gasteiger partial charge is 0.416 e. The van der Waals surface area contributed by atoms with Crippen molar-refractivity contribution in [2.24, 2.45) is 11.8 Å². The zero-order chi connectivity index (χ0) is 26.2. The summed E-state index contributed by atoms with van der Waals surface area (Å²) in [6, 6.07) is 28.6. The lowest BCUT2D eigenvalue weighted by atomic mass is 9.74. The first-order valence-corrected chi connectivity index (χ1v) is 12.4. The molecule has 7 rings (SSSR count). The molecule has 2 fully saturated rings. The Morgan fingerprint density at radius 3 is 1.82 bits per heavy atom. The fraction of sp³-hybridized carbons (Fsp3) is 0.161. The van der Waals surface area contributed by atoms with Crippen LogP contribution < -0.4 is 10.2 Å². The van der Waals surface area contributed by atoms with Crippen molar-refractivity contribution in [3.8, 4) is 11.1 Å². The Bertz CT molecular complexity index is 1550. The Morgan fingerprint density at radius 1 is 0.684 bits per heavy atom. The summed E-state index contributed by atoms with van der Waals surface area (Å²) >= 11 is 0. The Hall–Kier alpha value is -4.23. The van der Waals surface area contributed by atoms with E-state index < -0.39 is 35.2 Å². The van der Waals surface area contributed by atoms with Gasteiger partial charge in [-0.3, -0.25) is 14.9 Å². The van der Waals surface area contributed by atoms with Crippen molar-refractivity contribution in [1.82, 2.24) is 5.32 Å². The van der Waals surface area contributed by atoms with Gasteiger partial charge in [0.2, 0.25) is 11.8 Å². The molecule has 0 bridgehead atoms. The molecule has 1 N–H and O–H groups in total. The number of anilines is 1. The quantitative estimate of drug-likeness (QED) is 0.333. The van der Waals surface area contributed by atoms with Crippen LogP contribution in [0.4, 0.5) is 18.9 Å². The molecule has 7 heteroatoms. The van der Waals surface area contributed by atoms with Gasteiger partial charge in [-0.2, -0.15) is 13.2 Å². The summed E-state index contributed by atoms with van der Waals surface area (Å²) in [6.45, 7) is 0. The van der Waals surface area contributed by atoms with Gasteiger partial charge in [0.05, 0.1) is 28.6 Å². The third kappa shape index (κ3) is 2.96. The van der Waals surface area contributed by atoms with Crippen LogP contribution in [0.2, 0.25) is 0 Å². The first-order valence-electron chi connectivity index (χ1n) is 12.4. The smallest absolute Gasteiger partial charge is 0.295 e. The lowest BCUT2D eigenvalue weighted by Gasteiger charge is -2.33. The van der Waals surface area contributed by atoms with Crippen molar-refractivity contribution < 1.29 is 22.8 Å². The van der Waals surface area contributed by atoms with Crippen LogP contribution in [0, 0.1) is 11.8 Å². The van der Waals surface area contributed by atoms with Crippen molar-refractivity contribution in [3.63, 3.8) is 0 Å². The van der Waals surface area contributed by atoms with E-state index >= 15 is 0 Å². The summed E-state index contributed by atoms with van der Waals surface area (Å²) in [5.41, 5.74) is 2.97. The molecule has 2 saturated heterocycles. The van der Waals surface area contributed by atoms with E-state index in [0.29, 0.717) is 11.3 Å². The van der Waals surface area contributed by atoms with Crippen LogP contribution in [0.3, 0.4) is 0 Å². The van der Waals surface area contributed by atoms with Crippen LogP contribution in [0.25, 0.3) is 11.1 Å². The van der Waals surface area contributed by atoms with Crippen LogP contribution in [0.15, 0.2) is 103 Å². The highest BCUT2D eigenvalue weighted by Gasteiger charge is 2.68. The number of carbonyl (C=O) groups is 2. The summed E-state index contributed by atoms with van der Waals surface area (Å²) < 4.78 is 39.9. The standard InChI is InChI=1S/C31H21F3N2O2/c32-31(33,34)19-16-14-18(15-17-19)27-25-26(29(38)36(28(25)37)20-8-2-1-3-9-20)30(35-27)23-12-6-4-10-21(23)22-11-5-7-13-24(22)30/h1-17,25-27,35H/t25-,26-,27-/m0/s1. The Morgan fingerprint density at radius 2 is 1.24 bits per heavy atom. The zero-order valence-corrected chi connectivity index (χ0v) is 19.9. The highest BCUT2D eigenvalue weighted by Crippen LogP contribution is 2.61. The van der Waals surface area contributed by atoms with Gasteiger partial charge in [-0.15, -0.1) is 0 Å². The zero-order valence-electron chi connectivity index (χ0n) is 19.9. The molecule has 2 amide bonds. The number of halogens is 3. The highest BCUT2D eigenvalue weighted by molar-refractivity contribution is 6.23. The predicted molar refractivity (Wildman–Crippen MR) is 136 cm³/mol. The number of nitrogens with one attached hydrogen (secondary N) is 1. The highest BCUT2D eigenvalue weighted by atomic mass is 19.4. The molecule has 1 aliphatic carbocycles. The average molecular weight is 511 g/mol. The molecule has 1 spiro atoms. The fourth-order valence-electron chi connectivity index (χ4n) is 6.67. The summed E-state index contributed by atoms with van der Waals surface area (Å²) in [7, 11) is 0. The number of amides is 2. The Kier molecular flexibility index (Phi) is 4.76. The molecule has 3 aliphatic rings. The molecule has 0 radical (unpaired) electrons. The summed E-state index contributed by atoms with van der Waals surface area (Å²) in [5, 5.41) is 3.64. The minimum atomic E-state index is -4.47. The van der Waals surface area contributed by atoms with Crippen LogP contribution in [0.5, 0.6) is 0 Å². The number of alkyl halides is 3. The molecule has 0 unspecified atom stereocenters. The molecule has 0 saturated carbocycles. The van der Waals surface area contributed by atoms with Crippen LogP contribution in [-0.4, -0.2) is 11.8 Å². The molecular formula is C31H21F3N2O2. The first-order chi connectivity index (χ1) is 18.3. The van der Waals surface area contributed by atoms with Crippen LogP contribution in [0.1, 0.15) is 28.3 Å². The van der Waals surface area contributed by atoms with Gasteiger partial charge in [0.1, 0.15) is 0 Å². The molecule has 38 heavy (non-hydrogen) atoms. The molecule has 4 nitrogen and oxygen atoms in total. The minimum Gasteiger partial charge on any atom is -0.295 e. The topological polar surface area (TPSA) is 49.4 Å². The number of fused-ring (bicyclic) bond motifs is 7. The number of benzene rings is 4. The molecule has 2 aliphatic heterocycles. The number of hydrogen-bond acceptors (Lipinski definition) is 3. The second-order valence-corrected chi connectivity index (χ2v) is 9.99. The predicted octanol–water partition coefficient (Wildman–Crippen LogP) is 6.08. The summed E-state index contributed by atoms with van der Waals surface area (Å²) in [4.78, 5) is 29.6. The van der Waals surface area contributed by atoms with Gasteiger partial charge < -0.3 is 0 Å². The van der Waals surface area contributed by atoms with E-state index in [1.165, 1.54) is 17.0 Å². The second-order valence-electron chi connectivity index (χ2n) is 9.99. The number of rotatable bonds is 2. The maximum Gasteiger partial charge on any atom is 0.416 e. The van der Waals surface area contributed by atoms with Crippen molar-refractivity contribution >= 4 is 17.5 Å². The maximum absolute atomic E-state index is 14.3. The van der Waals surface area contributed by atoms with E-state index in [4.69, 9.17) is 0 Å². The van der Waals surface area contributed by atoms with Crippen LogP contribution >= 0.6 is 0 Å². The third-order valence-corrected chi connectivity index (χ3v) is 8.17. The monoisotopic (exact) mass is 510 g/mol. The van der Waals surface area contributed by atoms with E-state index in [1.54, 1.807) is 24.3 Å². The number of imide groups is 1. The number of para-hydroxylation sites is 1. The van der Waals surface area contributed by atoms with Crippen molar-refractivity contribution in [2.75, 3.05) is 4.90 Å². The van der Waals surface area contributed by atoms with Crippen molar-refractivity contribution in [3.05, 3.63) is 125 Å². The van der Waals surface area contributed by atoms with Gasteiger partial charge >= 0.3 is 6.18 Å². The Labute approximate surface area is 216 Å². The number of nitrogens with zero attached hydrogens (tertiary/aromatic N) is 1. The molecular weight excluding hydrogens is 489 g/mol. The van der Waals surface area contributed by atoms with Gasteiger partial charge in [-0.25, -0.2) is 4.90 Å². The molecule has 188 valence electrons. The lowest BCUT2D eigenvalue weighted by molar-refractivity contribution is -0.137. The van der Waals surface area contributed by atoms with Gasteiger partial charge in [0, 0.05) is 6.04 Å². The van der Waals surface area contributed by atoms with E-state index in [0.717, 1.165) is 34.4 Å². The summed E-state index contributed by atoms with van der Waals surface area (Å²) in [5.74, 6) is -2.27. The average Bonchev–Trinajstić information content (AvgIpc) is 3.52. The Balaban J connectivity index is 1.45. The van der Waals surface area contributed by atoms with Gasteiger partial charge in [0.15, 0.2) is 0 Å². The second kappa shape index (κ2) is 7.88.